The van der Waals surface area contributed by atoms with E-state index >= 15 is 0 Å². The van der Waals surface area contributed by atoms with Gasteiger partial charge in [-0.3, -0.25) is 19.0 Å². The Morgan fingerprint density at radius 3 is 2.44 bits per heavy atom. The molecule has 5 rings (SSSR count). The second-order valence-electron chi connectivity index (χ2n) is 10.4. The highest BCUT2D eigenvalue weighted by Crippen LogP contribution is 2.45. The maximum atomic E-state index is 12.2. The number of hydroxylamine groups is 3. The number of aliphatic carboxylic acids is 1. The normalized spacial score (nSPS) is 32.3. The summed E-state index contributed by atoms with van der Waals surface area (Å²) in [4.78, 5) is 54.0. The van der Waals surface area contributed by atoms with Gasteiger partial charge in [0.25, 0.3) is 5.91 Å². The number of β-lactam (4-membered cyclic amide) rings is 1. The van der Waals surface area contributed by atoms with Crippen LogP contribution in [0.2, 0.25) is 0 Å². The van der Waals surface area contributed by atoms with Gasteiger partial charge in [0.05, 0.1) is 23.8 Å². The zero-order chi connectivity index (χ0) is 28.9. The van der Waals surface area contributed by atoms with Gasteiger partial charge in [0.15, 0.2) is 9.84 Å². The molecular formula is C20H31N5O12S2. The summed E-state index contributed by atoms with van der Waals surface area (Å²) in [6, 6.07) is -3.11. The first-order chi connectivity index (χ1) is 18.1. The molecule has 5 saturated heterocycles. The van der Waals surface area contributed by atoms with Gasteiger partial charge in [0.1, 0.15) is 17.5 Å². The van der Waals surface area contributed by atoms with Gasteiger partial charge in [-0.15, -0.1) is 4.28 Å². The van der Waals surface area contributed by atoms with Crippen molar-refractivity contribution >= 4 is 44.1 Å². The first-order valence-electron chi connectivity index (χ1n) is 12.3. The molecule has 0 unspecified atom stereocenters. The molecule has 5 aliphatic rings. The molecule has 0 radical (unpaired) electrons. The highest BCUT2D eigenvalue weighted by atomic mass is 32.3. The van der Waals surface area contributed by atoms with Gasteiger partial charge in [-0.1, -0.05) is 0 Å². The largest absolute Gasteiger partial charge is 0.480 e. The molecule has 4 amide bonds. The molecular weight excluding hydrogens is 566 g/mol. The molecule has 0 aromatic rings. The van der Waals surface area contributed by atoms with E-state index in [-0.39, 0.29) is 19.0 Å². The number of urea groups is 1. The molecule has 39 heavy (non-hydrogen) atoms. The van der Waals surface area contributed by atoms with Gasteiger partial charge in [-0.05, 0) is 46.1 Å². The minimum atomic E-state index is -4.79. The van der Waals surface area contributed by atoms with Crippen molar-refractivity contribution in [2.75, 3.05) is 19.7 Å². The summed E-state index contributed by atoms with van der Waals surface area (Å²) < 4.78 is 57.0. The molecule has 0 aromatic heterocycles. The Balaban J connectivity index is 0.000000202. The van der Waals surface area contributed by atoms with Crippen molar-refractivity contribution in [2.45, 2.75) is 80.2 Å². The molecule has 2 bridgehead atoms. The Morgan fingerprint density at radius 1 is 1.21 bits per heavy atom. The second kappa shape index (κ2) is 10.4. The third-order valence-corrected chi connectivity index (χ3v) is 10.8. The summed E-state index contributed by atoms with van der Waals surface area (Å²) in [5.74, 6) is -2.13. The van der Waals surface area contributed by atoms with E-state index in [4.69, 9.17) is 14.5 Å². The number of nitrogens with zero attached hydrogens (tertiary/aromatic N) is 3. The highest BCUT2D eigenvalue weighted by molar-refractivity contribution is 7.93. The number of piperidine rings is 1. The van der Waals surface area contributed by atoms with E-state index in [1.54, 1.807) is 0 Å². The van der Waals surface area contributed by atoms with Crippen LogP contribution in [0.25, 0.3) is 0 Å². The average Bonchev–Trinajstić information content (AvgIpc) is 3.45. The number of carbonyl (C=O) groups excluding carboxylic acids is 3. The number of amides is 4. The number of hydrogen-bond donors (Lipinski definition) is 4. The SMILES string of the molecule is CC1(C)[C@H](C(=O)O)N2C(=O)C[C@H]2S1(=O)=O.O=C(NOC[C@@H]1CCCN1)[C@@H]1CC[C@@H]2CN1C(=O)N2OS(=O)(=O)O. The molecule has 0 spiro atoms. The zero-order valence-corrected chi connectivity index (χ0v) is 22.8. The third kappa shape index (κ3) is 5.42. The number of nitrogens with one attached hydrogen (secondary N) is 2. The number of carbonyl (C=O) groups is 4. The van der Waals surface area contributed by atoms with Crippen LogP contribution in [0, 0.1) is 0 Å². The summed E-state index contributed by atoms with van der Waals surface area (Å²) in [5.41, 5.74) is 2.35. The van der Waals surface area contributed by atoms with E-state index < -0.39 is 72.3 Å². The molecule has 220 valence electrons. The number of hydrogen-bond acceptors (Lipinski definition) is 11. The van der Waals surface area contributed by atoms with Crippen LogP contribution < -0.4 is 10.8 Å². The van der Waals surface area contributed by atoms with Gasteiger partial charge in [-0.25, -0.2) is 23.5 Å². The maximum Gasteiger partial charge on any atom is 0.418 e. The third-order valence-electron chi connectivity index (χ3n) is 7.63. The van der Waals surface area contributed by atoms with Crippen LogP contribution in [0.15, 0.2) is 0 Å². The Labute approximate surface area is 224 Å². The van der Waals surface area contributed by atoms with Crippen LogP contribution in [0.5, 0.6) is 0 Å². The maximum absolute atomic E-state index is 12.2. The summed E-state index contributed by atoms with van der Waals surface area (Å²) in [7, 11) is -8.36. The predicted octanol–water partition coefficient (Wildman–Crippen LogP) is -2.01. The topological polar surface area (TPSA) is 229 Å². The van der Waals surface area contributed by atoms with E-state index in [0.717, 1.165) is 24.3 Å². The van der Waals surface area contributed by atoms with Crippen LogP contribution in [0.1, 0.15) is 46.0 Å². The summed E-state index contributed by atoms with van der Waals surface area (Å²) in [6.45, 7) is 4.13. The fraction of sp³-hybridized carbons (Fsp3) is 0.800. The molecule has 0 aromatic carbocycles. The number of fused-ring (bicyclic) bond motifs is 3. The predicted molar refractivity (Wildman–Crippen MR) is 128 cm³/mol. The molecule has 4 N–H and O–H groups in total. The van der Waals surface area contributed by atoms with Crippen molar-refractivity contribution in [2.24, 2.45) is 0 Å². The van der Waals surface area contributed by atoms with Gasteiger partial charge in [0, 0.05) is 12.6 Å². The lowest BCUT2D eigenvalue weighted by Gasteiger charge is -2.35. The van der Waals surface area contributed by atoms with Crippen molar-refractivity contribution in [1.82, 2.24) is 25.7 Å². The van der Waals surface area contributed by atoms with Gasteiger partial charge < -0.3 is 20.2 Å². The average molecular weight is 598 g/mol. The molecule has 17 nitrogen and oxygen atoms in total. The first-order valence-corrected chi connectivity index (χ1v) is 15.2. The minimum absolute atomic E-state index is 0.0878. The van der Waals surface area contributed by atoms with Crippen molar-refractivity contribution < 1.29 is 54.8 Å². The molecule has 5 fully saturated rings. The van der Waals surface area contributed by atoms with E-state index in [1.807, 2.05) is 0 Å². The number of carboxylic acids is 1. The highest BCUT2D eigenvalue weighted by Gasteiger charge is 2.67. The summed E-state index contributed by atoms with van der Waals surface area (Å²) in [6.07, 6.45) is 2.68. The van der Waals surface area contributed by atoms with Crippen LogP contribution in [0.3, 0.4) is 0 Å². The monoisotopic (exact) mass is 597 g/mol. The fourth-order valence-corrected chi connectivity index (χ4v) is 8.03. The Morgan fingerprint density at radius 2 is 1.90 bits per heavy atom. The molecule has 19 heteroatoms. The smallest absolute Gasteiger partial charge is 0.418 e. The van der Waals surface area contributed by atoms with E-state index in [2.05, 4.69) is 15.1 Å². The molecule has 0 aliphatic carbocycles. The van der Waals surface area contributed by atoms with Crippen LogP contribution >= 0.6 is 0 Å². The first kappa shape index (κ1) is 29.4. The molecule has 5 heterocycles. The van der Waals surface area contributed by atoms with Crippen molar-refractivity contribution in [3.05, 3.63) is 0 Å². The Kier molecular flexibility index (Phi) is 7.87. The summed E-state index contributed by atoms with van der Waals surface area (Å²) in [5, 5.41) is 11.9. The van der Waals surface area contributed by atoms with Gasteiger partial charge in [-0.2, -0.15) is 13.5 Å². The number of sulfone groups is 1. The van der Waals surface area contributed by atoms with Crippen LogP contribution in [-0.4, -0.2) is 119 Å². The molecule has 0 saturated carbocycles. The van der Waals surface area contributed by atoms with E-state index in [9.17, 15) is 36.0 Å². The lowest BCUT2D eigenvalue weighted by molar-refractivity contribution is -0.157. The van der Waals surface area contributed by atoms with Crippen molar-refractivity contribution in [3.8, 4) is 0 Å². The van der Waals surface area contributed by atoms with Gasteiger partial charge in [0.2, 0.25) is 5.91 Å². The van der Waals surface area contributed by atoms with Crippen LogP contribution in [0.4, 0.5) is 4.79 Å². The quantitative estimate of drug-likeness (QED) is 0.141. The van der Waals surface area contributed by atoms with Gasteiger partial charge >= 0.3 is 22.4 Å². The molecule has 5 aliphatic heterocycles. The Hall–Kier alpha value is -2.58. The lowest BCUT2D eigenvalue weighted by atomic mass is 9.98. The standard InChI is InChI=1S/C12H20N4O7S.C8H11NO5S/c17-11(14-22-7-8-2-1-5-13-8)10-4-3-9-6-15(10)12(18)16(9)23-24(19,20)21;1-8(2)6(7(11)12)9-4(10)3-5(9)15(8,13)14/h8-10,13H,1-7H2,(H,14,17)(H,19,20,21);5-6H,3H2,1-2H3,(H,11,12)/t8-,9+,10-;5-,6+/m01/s1. The fourth-order valence-electron chi connectivity index (χ4n) is 5.51. The van der Waals surface area contributed by atoms with E-state index in [1.165, 1.54) is 18.7 Å². The second-order valence-corrected chi connectivity index (χ2v) is 14.1. The number of rotatable bonds is 7. The zero-order valence-electron chi connectivity index (χ0n) is 21.2. The van der Waals surface area contributed by atoms with Crippen molar-refractivity contribution in [3.63, 3.8) is 0 Å². The number of carboxylic acid groups (broad SMARTS) is 1. The van der Waals surface area contributed by atoms with Crippen molar-refractivity contribution in [1.29, 1.82) is 0 Å². The lowest BCUT2D eigenvalue weighted by Crippen LogP contribution is -2.57. The van der Waals surface area contributed by atoms with E-state index in [0.29, 0.717) is 24.5 Å². The minimum Gasteiger partial charge on any atom is -0.480 e. The molecule has 5 atom stereocenters. The summed E-state index contributed by atoms with van der Waals surface area (Å²) >= 11 is 0. The Bertz CT molecular complexity index is 1250. The van der Waals surface area contributed by atoms with Crippen LogP contribution in [-0.2, 0) is 43.7 Å².